The van der Waals surface area contributed by atoms with Crippen molar-refractivity contribution in [2.45, 2.75) is 80.8 Å². The molecule has 272 valence electrons. The van der Waals surface area contributed by atoms with Crippen molar-refractivity contribution in [3.8, 4) is 5.75 Å². The number of benzene rings is 1. The lowest BCUT2D eigenvalue weighted by molar-refractivity contribution is -0.179. The third-order valence-electron chi connectivity index (χ3n) is 16.2. The summed E-state index contributed by atoms with van der Waals surface area (Å²) in [4.78, 5) is 55.2. The molecule has 8 aliphatic heterocycles. The number of likely N-dealkylation sites (N-methyl/N-ethyl adjacent to an activating group) is 1. The number of carbonyl (C=O) groups excluding carboxylic acids is 3. The number of piperidine rings is 2. The van der Waals surface area contributed by atoms with Crippen molar-refractivity contribution in [3.63, 3.8) is 0 Å². The highest BCUT2D eigenvalue weighted by atomic mass is 16.6. The highest BCUT2D eigenvalue weighted by Crippen LogP contribution is 2.71. The molecule has 0 aromatic heterocycles. The van der Waals surface area contributed by atoms with E-state index in [1.807, 2.05) is 0 Å². The SMILES string of the molecule is CC=C1CN2CCC34C5=CC(=O)C=C(c6cc7c(cc6OC)N(C)C6C8CC9C%10C(=O)OC9(C(C)O)CN8CCC7%106)C5=NC23CCC1C4C(=O)OC. The fourth-order valence-corrected chi connectivity index (χ4v) is 14.3. The quantitative estimate of drug-likeness (QED) is 0.284. The number of ketones is 1. The molecule has 6 saturated heterocycles. The predicted octanol–water partition coefficient (Wildman–Crippen LogP) is 3.05. The summed E-state index contributed by atoms with van der Waals surface area (Å²) in [5, 5.41) is 11.2. The van der Waals surface area contributed by atoms with E-state index in [9.17, 15) is 19.5 Å². The number of methoxy groups -OCH3 is 2. The highest BCUT2D eigenvalue weighted by molar-refractivity contribution is 6.40. The van der Waals surface area contributed by atoms with E-state index >= 15 is 0 Å². The summed E-state index contributed by atoms with van der Waals surface area (Å²) < 4.78 is 18.1. The van der Waals surface area contributed by atoms with E-state index in [2.05, 4.69) is 46.9 Å². The molecule has 12 atom stereocenters. The number of hydrogen-bond donors (Lipinski definition) is 1. The number of carbonyl (C=O) groups is 3. The minimum Gasteiger partial charge on any atom is -0.496 e. The van der Waals surface area contributed by atoms with Gasteiger partial charge in [-0.2, -0.15) is 0 Å². The van der Waals surface area contributed by atoms with Crippen molar-refractivity contribution >= 4 is 34.7 Å². The predicted molar refractivity (Wildman–Crippen MR) is 191 cm³/mol. The Labute approximate surface area is 303 Å². The van der Waals surface area contributed by atoms with Crippen molar-refractivity contribution in [2.24, 2.45) is 34.1 Å². The maximum Gasteiger partial charge on any atom is 0.311 e. The Morgan fingerprint density at radius 3 is 2.73 bits per heavy atom. The van der Waals surface area contributed by atoms with Crippen LogP contribution in [0.15, 0.2) is 46.5 Å². The third-order valence-corrected chi connectivity index (χ3v) is 16.2. The van der Waals surface area contributed by atoms with Gasteiger partial charge in [0.05, 0.1) is 49.3 Å². The van der Waals surface area contributed by atoms with Crippen LogP contribution in [0.4, 0.5) is 5.69 Å². The Morgan fingerprint density at radius 1 is 1.15 bits per heavy atom. The molecule has 11 nitrogen and oxygen atoms in total. The summed E-state index contributed by atoms with van der Waals surface area (Å²) in [6.07, 6.45) is 8.79. The second-order valence-electron chi connectivity index (χ2n) is 17.3. The second-order valence-corrected chi connectivity index (χ2v) is 17.3. The molecule has 12 unspecified atom stereocenters. The first kappa shape index (κ1) is 31.7. The van der Waals surface area contributed by atoms with Crippen LogP contribution in [0.3, 0.4) is 0 Å². The number of rotatable bonds is 4. The Kier molecular flexibility index (Phi) is 6.00. The van der Waals surface area contributed by atoms with Gasteiger partial charge >= 0.3 is 11.9 Å². The monoisotopic (exact) mass is 706 g/mol. The molecule has 1 aromatic carbocycles. The van der Waals surface area contributed by atoms with Gasteiger partial charge in [-0.3, -0.25) is 29.2 Å². The van der Waals surface area contributed by atoms with Gasteiger partial charge in [0, 0.05) is 66.9 Å². The molecular formula is C41H46N4O7. The van der Waals surface area contributed by atoms with E-state index in [1.165, 1.54) is 12.7 Å². The number of aliphatic hydroxyl groups is 1. The number of anilines is 1. The van der Waals surface area contributed by atoms with E-state index in [-0.39, 0.29) is 47.6 Å². The zero-order valence-electron chi connectivity index (χ0n) is 30.5. The molecule has 3 aliphatic carbocycles. The molecular weight excluding hydrogens is 660 g/mol. The zero-order chi connectivity index (χ0) is 35.9. The van der Waals surface area contributed by atoms with Crippen molar-refractivity contribution in [1.29, 1.82) is 0 Å². The smallest absolute Gasteiger partial charge is 0.311 e. The summed E-state index contributed by atoms with van der Waals surface area (Å²) in [5.74, 6) is -0.818. The molecule has 52 heavy (non-hydrogen) atoms. The molecule has 12 rings (SSSR count). The summed E-state index contributed by atoms with van der Waals surface area (Å²) in [6, 6.07) is 4.56. The molecule has 11 aliphatic rings. The molecule has 7 bridgehead atoms. The van der Waals surface area contributed by atoms with Gasteiger partial charge < -0.3 is 24.2 Å². The van der Waals surface area contributed by atoms with Gasteiger partial charge in [-0.25, -0.2) is 0 Å². The largest absolute Gasteiger partial charge is 0.496 e. The van der Waals surface area contributed by atoms with Gasteiger partial charge in [0.15, 0.2) is 11.4 Å². The molecule has 2 saturated carbocycles. The number of hydrogen-bond acceptors (Lipinski definition) is 11. The first-order valence-electron chi connectivity index (χ1n) is 19.2. The summed E-state index contributed by atoms with van der Waals surface area (Å²) in [5.41, 5.74) is 3.72. The van der Waals surface area contributed by atoms with Gasteiger partial charge in [0.1, 0.15) is 11.4 Å². The van der Waals surface area contributed by atoms with E-state index < -0.39 is 34.1 Å². The lowest BCUT2D eigenvalue weighted by Crippen LogP contribution is -2.76. The van der Waals surface area contributed by atoms with Crippen molar-refractivity contribution in [2.75, 3.05) is 52.3 Å². The standard InChI is InChI=1S/C41H46N4O7/c1-6-21-18-45-12-10-39-28-14-22(47)13-25(34(28)42-41(39,45)8-7-23(21)32(39)36(48)51-5)24-15-26-29(17-31(24)50-4)43(3)35-30-16-27-33-37(49)52-40(27,20(2)46)19-44(30)11-9-38(26,33)35/h6,13-15,17,20,23,27,30,32-33,35,46H,7-12,16,18-19H2,1-5H3. The van der Waals surface area contributed by atoms with Crippen LogP contribution in [0.1, 0.15) is 57.1 Å². The number of ether oxygens (including phenoxy) is 3. The molecule has 8 fully saturated rings. The van der Waals surface area contributed by atoms with Gasteiger partial charge in [-0.15, -0.1) is 0 Å². The number of aliphatic imine (C=N–C) groups is 1. The summed E-state index contributed by atoms with van der Waals surface area (Å²) >= 11 is 0. The van der Waals surface area contributed by atoms with Crippen LogP contribution < -0.4 is 9.64 Å². The molecule has 1 N–H and O–H groups in total. The van der Waals surface area contributed by atoms with Crippen LogP contribution in [-0.2, 0) is 29.3 Å². The first-order chi connectivity index (χ1) is 25.0. The maximum atomic E-state index is 14.2. The van der Waals surface area contributed by atoms with Crippen LogP contribution in [0, 0.1) is 29.1 Å². The zero-order valence-corrected chi connectivity index (χ0v) is 30.5. The third kappa shape index (κ3) is 3.18. The summed E-state index contributed by atoms with van der Waals surface area (Å²) in [7, 11) is 5.28. The van der Waals surface area contributed by atoms with E-state index in [0.29, 0.717) is 17.9 Å². The van der Waals surface area contributed by atoms with Gasteiger partial charge in [0.25, 0.3) is 0 Å². The normalized spacial score (nSPS) is 45.4. The average molecular weight is 707 g/mol. The van der Waals surface area contributed by atoms with Gasteiger partial charge in [0.2, 0.25) is 0 Å². The average Bonchev–Trinajstić information content (AvgIpc) is 3.76. The van der Waals surface area contributed by atoms with E-state index in [4.69, 9.17) is 19.2 Å². The Bertz CT molecular complexity index is 2050. The topological polar surface area (TPSA) is 121 Å². The second kappa shape index (κ2) is 9.84. The summed E-state index contributed by atoms with van der Waals surface area (Å²) in [6.45, 7) is 6.74. The maximum absolute atomic E-state index is 14.2. The fraction of sp³-hybridized carbons (Fsp3) is 0.610. The molecule has 1 spiro atoms. The number of allylic oxidation sites excluding steroid dienone is 4. The number of esters is 2. The molecule has 8 heterocycles. The van der Waals surface area contributed by atoms with E-state index in [0.717, 1.165) is 79.8 Å². The molecule has 0 radical (unpaired) electrons. The number of nitrogens with zero attached hydrogens (tertiary/aromatic N) is 4. The molecule has 0 amide bonds. The van der Waals surface area contributed by atoms with Gasteiger partial charge in [-0.05, 0) is 87.8 Å². The minimum atomic E-state index is -0.908. The van der Waals surface area contributed by atoms with Crippen LogP contribution in [0.5, 0.6) is 5.75 Å². The van der Waals surface area contributed by atoms with Crippen LogP contribution in [0.2, 0.25) is 0 Å². The van der Waals surface area contributed by atoms with Crippen molar-refractivity contribution in [3.05, 3.63) is 52.6 Å². The Morgan fingerprint density at radius 2 is 1.98 bits per heavy atom. The van der Waals surface area contributed by atoms with E-state index in [1.54, 1.807) is 26.2 Å². The Balaban J connectivity index is 1.11. The van der Waals surface area contributed by atoms with Crippen molar-refractivity contribution in [1.82, 2.24) is 9.80 Å². The fourth-order valence-electron chi connectivity index (χ4n) is 14.3. The Hall–Kier alpha value is -3.80. The molecule has 11 heteroatoms. The van der Waals surface area contributed by atoms with Crippen LogP contribution in [0.25, 0.3) is 5.57 Å². The lowest BCUT2D eigenvalue weighted by atomic mass is 9.49. The highest BCUT2D eigenvalue weighted by Gasteiger charge is 2.78. The van der Waals surface area contributed by atoms with Gasteiger partial charge in [-0.1, -0.05) is 11.6 Å². The van der Waals surface area contributed by atoms with Crippen molar-refractivity contribution < 1.29 is 33.7 Å². The lowest BCUT2D eigenvalue weighted by Gasteiger charge is -2.63. The number of fused-ring (bicyclic) bond motifs is 4. The van der Waals surface area contributed by atoms with Crippen LogP contribution >= 0.6 is 0 Å². The van der Waals surface area contributed by atoms with Crippen LogP contribution in [-0.4, -0.2) is 115 Å². The molecule has 1 aromatic rings. The minimum absolute atomic E-state index is 0.0217. The first-order valence-corrected chi connectivity index (χ1v) is 19.2. The number of aliphatic hydroxyl groups excluding tert-OH is 1.